The molecule has 0 amide bonds. The highest BCUT2D eigenvalue weighted by atomic mass is 16.5. The van der Waals surface area contributed by atoms with Crippen LogP contribution in [0.1, 0.15) is 25.6 Å². The Morgan fingerprint density at radius 1 is 1.75 bits per heavy atom. The number of aromatic nitrogens is 2. The van der Waals surface area contributed by atoms with Crippen LogP contribution in [0.4, 0.5) is 5.82 Å². The number of hydrogen-bond acceptors (Lipinski definition) is 4. The van der Waals surface area contributed by atoms with Crippen LogP contribution in [-0.2, 0) is 9.53 Å². The molecule has 0 fully saturated rings. The number of carbonyl (C=O) groups is 1. The monoisotopic (exact) mass is 223 g/mol. The van der Waals surface area contributed by atoms with Gasteiger partial charge in [0.15, 0.2) is 0 Å². The average Bonchev–Trinajstić information content (AvgIpc) is 2.60. The van der Waals surface area contributed by atoms with Crippen LogP contribution in [0.3, 0.4) is 0 Å². The summed E-state index contributed by atoms with van der Waals surface area (Å²) in [7, 11) is 0. The summed E-state index contributed by atoms with van der Waals surface area (Å²) in [6.07, 6.45) is 0. The molecule has 0 radical (unpaired) electrons. The number of nitrogens with one attached hydrogen (secondary N) is 1. The first-order valence-corrected chi connectivity index (χ1v) is 5.60. The molecule has 1 N–H and O–H groups in total. The molecule has 2 heterocycles. The van der Waals surface area contributed by atoms with Gasteiger partial charge in [-0.15, -0.1) is 0 Å². The van der Waals surface area contributed by atoms with Gasteiger partial charge in [0.2, 0.25) is 0 Å². The van der Waals surface area contributed by atoms with Crippen molar-refractivity contribution in [2.24, 2.45) is 5.92 Å². The Morgan fingerprint density at radius 3 is 3.19 bits per heavy atom. The van der Waals surface area contributed by atoms with E-state index in [0.717, 1.165) is 11.5 Å². The second-order valence-electron chi connectivity index (χ2n) is 4.10. The number of esters is 1. The third kappa shape index (κ3) is 1.77. The van der Waals surface area contributed by atoms with Crippen LogP contribution in [-0.4, -0.2) is 28.9 Å². The first-order chi connectivity index (χ1) is 7.63. The molecule has 2 unspecified atom stereocenters. The summed E-state index contributed by atoms with van der Waals surface area (Å²) in [5, 5.41) is 7.57. The van der Waals surface area contributed by atoms with Crippen molar-refractivity contribution >= 4 is 11.8 Å². The van der Waals surface area contributed by atoms with E-state index in [4.69, 9.17) is 4.74 Å². The molecule has 0 aromatic carbocycles. The van der Waals surface area contributed by atoms with Crippen LogP contribution in [0.5, 0.6) is 0 Å². The van der Waals surface area contributed by atoms with Crippen LogP contribution >= 0.6 is 0 Å². The number of ether oxygens (including phenoxy) is 1. The minimum absolute atomic E-state index is 0.0454. The first-order valence-electron chi connectivity index (χ1n) is 5.60. The second kappa shape index (κ2) is 4.15. The van der Waals surface area contributed by atoms with Gasteiger partial charge in [0.05, 0.1) is 24.3 Å². The van der Waals surface area contributed by atoms with E-state index in [1.54, 1.807) is 0 Å². The average molecular weight is 223 g/mol. The normalized spacial score (nSPS) is 23.4. The molecule has 2 rings (SSSR count). The van der Waals surface area contributed by atoms with Crippen molar-refractivity contribution in [1.82, 2.24) is 9.78 Å². The molecule has 5 heteroatoms. The lowest BCUT2D eigenvalue weighted by molar-refractivity contribution is -0.149. The van der Waals surface area contributed by atoms with Crippen molar-refractivity contribution in [3.05, 3.63) is 11.8 Å². The van der Waals surface area contributed by atoms with E-state index < -0.39 is 0 Å². The van der Waals surface area contributed by atoms with Gasteiger partial charge in [-0.3, -0.25) is 4.79 Å². The van der Waals surface area contributed by atoms with Crippen molar-refractivity contribution in [2.75, 3.05) is 18.5 Å². The number of aryl methyl sites for hydroxylation is 1. The highest BCUT2D eigenvalue weighted by Crippen LogP contribution is 2.28. The highest BCUT2D eigenvalue weighted by molar-refractivity contribution is 5.74. The zero-order chi connectivity index (χ0) is 11.7. The summed E-state index contributed by atoms with van der Waals surface area (Å²) in [5.41, 5.74) is 0.957. The summed E-state index contributed by atoms with van der Waals surface area (Å²) in [5.74, 6) is 0.665. The maximum absolute atomic E-state index is 11.7. The van der Waals surface area contributed by atoms with E-state index in [1.807, 2.05) is 31.5 Å². The lowest BCUT2D eigenvalue weighted by Gasteiger charge is -2.29. The van der Waals surface area contributed by atoms with E-state index in [0.29, 0.717) is 13.2 Å². The van der Waals surface area contributed by atoms with Gasteiger partial charge in [0.25, 0.3) is 0 Å². The van der Waals surface area contributed by atoms with Crippen LogP contribution in [0.15, 0.2) is 6.07 Å². The number of nitrogens with zero attached hydrogens (tertiary/aromatic N) is 2. The van der Waals surface area contributed by atoms with Crippen molar-refractivity contribution in [3.63, 3.8) is 0 Å². The van der Waals surface area contributed by atoms with Gasteiger partial charge in [-0.05, 0) is 20.8 Å². The fraction of sp³-hybridized carbons (Fsp3) is 0.636. The number of hydrogen-bond donors (Lipinski definition) is 1. The predicted molar refractivity (Wildman–Crippen MR) is 60.3 cm³/mol. The van der Waals surface area contributed by atoms with E-state index in [-0.39, 0.29) is 17.9 Å². The molecule has 1 aliphatic heterocycles. The standard InChI is InChI=1S/C11H17N3O2/c1-4-16-11(15)9-6-12-10-5-7(2)13-14(10)8(9)3/h5,8-9,12H,4,6H2,1-3H3. The van der Waals surface area contributed by atoms with Crippen LogP contribution in [0.2, 0.25) is 0 Å². The SMILES string of the molecule is CCOC(=O)C1CNc2cc(C)nn2C1C. The maximum atomic E-state index is 11.7. The van der Waals surface area contributed by atoms with Crippen molar-refractivity contribution in [1.29, 1.82) is 0 Å². The molecular weight excluding hydrogens is 206 g/mol. The van der Waals surface area contributed by atoms with Crippen LogP contribution < -0.4 is 5.32 Å². The molecule has 16 heavy (non-hydrogen) atoms. The van der Waals surface area contributed by atoms with Gasteiger partial charge >= 0.3 is 5.97 Å². The van der Waals surface area contributed by atoms with Crippen LogP contribution in [0.25, 0.3) is 0 Å². The van der Waals surface area contributed by atoms with E-state index in [2.05, 4.69) is 10.4 Å². The maximum Gasteiger partial charge on any atom is 0.312 e. The molecule has 88 valence electrons. The predicted octanol–water partition coefficient (Wildman–Crippen LogP) is 1.36. The molecule has 2 atom stereocenters. The number of anilines is 1. The third-order valence-corrected chi connectivity index (χ3v) is 2.92. The summed E-state index contributed by atoms with van der Waals surface area (Å²) >= 11 is 0. The van der Waals surface area contributed by atoms with Crippen molar-refractivity contribution < 1.29 is 9.53 Å². The van der Waals surface area contributed by atoms with Gasteiger partial charge in [-0.25, -0.2) is 4.68 Å². The van der Waals surface area contributed by atoms with Gasteiger partial charge in [-0.1, -0.05) is 0 Å². The smallest absolute Gasteiger partial charge is 0.312 e. The molecule has 1 aromatic rings. The molecular formula is C11H17N3O2. The van der Waals surface area contributed by atoms with Gasteiger partial charge in [-0.2, -0.15) is 5.10 Å². The quantitative estimate of drug-likeness (QED) is 0.769. The Morgan fingerprint density at radius 2 is 2.50 bits per heavy atom. The van der Waals surface area contributed by atoms with E-state index in [9.17, 15) is 4.79 Å². The lowest BCUT2D eigenvalue weighted by Crippen LogP contribution is -2.37. The molecule has 0 saturated heterocycles. The summed E-state index contributed by atoms with van der Waals surface area (Å²) in [4.78, 5) is 11.7. The molecule has 0 aliphatic carbocycles. The van der Waals surface area contributed by atoms with Gasteiger partial charge in [0, 0.05) is 12.6 Å². The molecule has 0 saturated carbocycles. The Kier molecular flexibility index (Phi) is 2.85. The Bertz CT molecular complexity index is 400. The number of rotatable bonds is 2. The number of carbonyl (C=O) groups excluding carboxylic acids is 1. The zero-order valence-corrected chi connectivity index (χ0v) is 9.86. The molecule has 0 bridgehead atoms. The van der Waals surface area contributed by atoms with Gasteiger partial charge in [0.1, 0.15) is 5.82 Å². The largest absolute Gasteiger partial charge is 0.466 e. The topological polar surface area (TPSA) is 56.1 Å². The van der Waals surface area contributed by atoms with Crippen molar-refractivity contribution in [3.8, 4) is 0 Å². The zero-order valence-electron chi connectivity index (χ0n) is 9.86. The van der Waals surface area contributed by atoms with E-state index in [1.165, 1.54) is 0 Å². The minimum Gasteiger partial charge on any atom is -0.466 e. The van der Waals surface area contributed by atoms with Crippen molar-refractivity contribution in [2.45, 2.75) is 26.8 Å². The fourth-order valence-corrected chi connectivity index (χ4v) is 2.04. The summed E-state index contributed by atoms with van der Waals surface area (Å²) in [6, 6.07) is 2.03. The van der Waals surface area contributed by atoms with Crippen LogP contribution in [0, 0.1) is 12.8 Å². The second-order valence-corrected chi connectivity index (χ2v) is 4.10. The lowest BCUT2D eigenvalue weighted by atomic mass is 10.00. The molecule has 5 nitrogen and oxygen atoms in total. The third-order valence-electron chi connectivity index (χ3n) is 2.92. The Hall–Kier alpha value is -1.52. The fourth-order valence-electron chi connectivity index (χ4n) is 2.04. The number of fused-ring (bicyclic) bond motifs is 1. The van der Waals surface area contributed by atoms with E-state index >= 15 is 0 Å². The molecule has 1 aliphatic rings. The van der Waals surface area contributed by atoms with Gasteiger partial charge < -0.3 is 10.1 Å². The highest BCUT2D eigenvalue weighted by Gasteiger charge is 2.33. The summed E-state index contributed by atoms with van der Waals surface area (Å²) in [6.45, 7) is 6.80. The Labute approximate surface area is 94.8 Å². The Balaban J connectivity index is 2.20. The first kappa shape index (κ1) is 11.0. The molecule has 1 aromatic heterocycles. The summed E-state index contributed by atoms with van der Waals surface area (Å²) < 4.78 is 6.92. The minimum atomic E-state index is -0.160. The molecule has 0 spiro atoms.